The predicted molar refractivity (Wildman–Crippen MR) is 27.5 cm³/mol. The third-order valence-corrected chi connectivity index (χ3v) is 0.642. The highest BCUT2D eigenvalue weighted by atomic mass is 16.2. The molecule has 0 saturated heterocycles. The molecular formula is C3H8N4O. The summed E-state index contributed by atoms with van der Waals surface area (Å²) in [6.07, 6.45) is 0. The Balaban J connectivity index is 3.64. The largest absolute Gasteiger partial charge is 0.303 e. The molecule has 0 fully saturated rings. The van der Waals surface area contributed by atoms with Crippen molar-refractivity contribution in [2.45, 2.75) is 6.92 Å². The average Bonchev–Trinajstić information content (AvgIpc) is 1.67. The Labute approximate surface area is 47.1 Å². The maximum atomic E-state index is 10.3. The molecule has 0 aromatic rings. The Morgan fingerprint density at radius 1 is 1.75 bits per heavy atom. The van der Waals surface area contributed by atoms with Gasteiger partial charge in [-0.05, 0) is 5.22 Å². The monoisotopic (exact) mass is 116 g/mol. The van der Waals surface area contributed by atoms with Crippen LogP contribution in [0.3, 0.4) is 0 Å². The van der Waals surface area contributed by atoms with Gasteiger partial charge in [0, 0.05) is 14.0 Å². The van der Waals surface area contributed by atoms with Crippen LogP contribution in [0, 0.1) is 0 Å². The third-order valence-electron chi connectivity index (χ3n) is 0.642. The summed E-state index contributed by atoms with van der Waals surface area (Å²) in [5, 5.41) is 7.14. The fourth-order valence-electron chi connectivity index (χ4n) is 0.140. The maximum Gasteiger partial charge on any atom is 0.240 e. The molecule has 0 rings (SSSR count). The topological polar surface area (TPSA) is 71.0 Å². The van der Waals surface area contributed by atoms with Crippen LogP contribution in [0.25, 0.3) is 0 Å². The summed E-state index contributed by atoms with van der Waals surface area (Å²) in [5.74, 6) is 4.44. The van der Waals surface area contributed by atoms with Gasteiger partial charge in [-0.25, -0.2) is 5.01 Å². The molecule has 0 aliphatic carbocycles. The van der Waals surface area contributed by atoms with Gasteiger partial charge in [-0.1, -0.05) is 5.22 Å². The smallest absolute Gasteiger partial charge is 0.240 e. The van der Waals surface area contributed by atoms with Crippen LogP contribution in [0.2, 0.25) is 0 Å². The molecule has 0 spiro atoms. The van der Waals surface area contributed by atoms with Crippen molar-refractivity contribution < 1.29 is 4.79 Å². The van der Waals surface area contributed by atoms with Gasteiger partial charge in [-0.3, -0.25) is 4.79 Å². The Kier molecular flexibility index (Phi) is 2.53. The van der Waals surface area contributed by atoms with E-state index in [-0.39, 0.29) is 5.91 Å². The van der Waals surface area contributed by atoms with Crippen molar-refractivity contribution in [3.63, 3.8) is 0 Å². The lowest BCUT2D eigenvalue weighted by atomic mass is 10.7. The minimum atomic E-state index is -0.195. The van der Waals surface area contributed by atoms with Crippen LogP contribution in [-0.4, -0.2) is 18.0 Å². The Morgan fingerprint density at radius 2 is 2.25 bits per heavy atom. The second-order valence-corrected chi connectivity index (χ2v) is 1.25. The summed E-state index contributed by atoms with van der Waals surface area (Å²) in [5.41, 5.74) is 0. The molecule has 0 atom stereocenters. The molecule has 0 unspecified atom stereocenters. The minimum Gasteiger partial charge on any atom is -0.303 e. The zero-order valence-corrected chi connectivity index (χ0v) is 4.83. The number of nitrogens with zero attached hydrogens (tertiary/aromatic N) is 3. The zero-order valence-electron chi connectivity index (χ0n) is 4.83. The first kappa shape index (κ1) is 6.87. The number of hydrogen-bond acceptors (Lipinski definition) is 3. The predicted octanol–water partition coefficient (Wildman–Crippen LogP) is -0.294. The molecular weight excluding hydrogens is 108 g/mol. The van der Waals surface area contributed by atoms with E-state index in [4.69, 9.17) is 0 Å². The Hall–Kier alpha value is -1.13. The third kappa shape index (κ3) is 2.12. The standard InChI is InChI=1S/C3H8N4O/c1-3(8)7(2)6-5-4/h1-2H3,(H2,4,6). The number of hydrogen-bond donors (Lipinski definition) is 1. The normalized spacial score (nSPS) is 9.75. The van der Waals surface area contributed by atoms with Gasteiger partial charge in [0.2, 0.25) is 5.91 Å². The van der Waals surface area contributed by atoms with Crippen molar-refractivity contribution >= 4 is 5.91 Å². The van der Waals surface area contributed by atoms with Gasteiger partial charge in [0.1, 0.15) is 0 Å². The van der Waals surface area contributed by atoms with E-state index in [1.54, 1.807) is 0 Å². The van der Waals surface area contributed by atoms with Crippen LogP contribution in [0.1, 0.15) is 6.92 Å². The minimum absolute atomic E-state index is 0.195. The summed E-state index contributed by atoms with van der Waals surface area (Å²) in [4.78, 5) is 10.3. The van der Waals surface area contributed by atoms with E-state index in [1.165, 1.54) is 14.0 Å². The van der Waals surface area contributed by atoms with Crippen molar-refractivity contribution in [2.24, 2.45) is 16.3 Å². The van der Waals surface area contributed by atoms with Crippen molar-refractivity contribution in [1.82, 2.24) is 5.01 Å². The summed E-state index contributed by atoms with van der Waals surface area (Å²) in [7, 11) is 1.47. The number of carbonyl (C=O) groups excluding carboxylic acids is 1. The number of amides is 1. The van der Waals surface area contributed by atoms with Crippen LogP contribution in [0.5, 0.6) is 0 Å². The van der Waals surface area contributed by atoms with E-state index in [0.717, 1.165) is 5.01 Å². The number of carbonyl (C=O) groups is 1. The molecule has 5 heteroatoms. The Bertz CT molecular complexity index is 110. The van der Waals surface area contributed by atoms with Gasteiger partial charge >= 0.3 is 0 Å². The fourth-order valence-corrected chi connectivity index (χ4v) is 0.140. The second kappa shape index (κ2) is 2.95. The van der Waals surface area contributed by atoms with E-state index in [2.05, 4.69) is 16.3 Å². The van der Waals surface area contributed by atoms with Crippen molar-refractivity contribution in [3.05, 3.63) is 0 Å². The van der Waals surface area contributed by atoms with Gasteiger partial charge in [-0.2, -0.15) is 0 Å². The highest BCUT2D eigenvalue weighted by Gasteiger charge is 1.95. The lowest BCUT2D eigenvalue weighted by Gasteiger charge is -2.01. The highest BCUT2D eigenvalue weighted by molar-refractivity contribution is 5.72. The van der Waals surface area contributed by atoms with Crippen LogP contribution in [0.4, 0.5) is 0 Å². The first-order valence-corrected chi connectivity index (χ1v) is 2.03. The summed E-state index contributed by atoms with van der Waals surface area (Å²) in [6.45, 7) is 1.37. The Morgan fingerprint density at radius 3 is 2.38 bits per heavy atom. The van der Waals surface area contributed by atoms with Gasteiger partial charge in [-0.15, -0.1) is 0 Å². The van der Waals surface area contributed by atoms with Crippen LogP contribution < -0.4 is 5.84 Å². The highest BCUT2D eigenvalue weighted by Crippen LogP contribution is 1.81. The average molecular weight is 116 g/mol. The van der Waals surface area contributed by atoms with Crippen molar-refractivity contribution in [2.75, 3.05) is 7.05 Å². The molecule has 1 amide bonds. The summed E-state index contributed by atoms with van der Waals surface area (Å²) < 4.78 is 0. The number of nitrogens with two attached hydrogens (primary N) is 1. The molecule has 0 aliphatic heterocycles. The van der Waals surface area contributed by atoms with Crippen LogP contribution in [-0.2, 0) is 4.79 Å². The summed E-state index contributed by atoms with van der Waals surface area (Å²) >= 11 is 0. The van der Waals surface area contributed by atoms with Gasteiger partial charge in [0.25, 0.3) is 0 Å². The van der Waals surface area contributed by atoms with E-state index >= 15 is 0 Å². The molecule has 0 radical (unpaired) electrons. The molecule has 0 aliphatic rings. The first-order valence-electron chi connectivity index (χ1n) is 2.03. The molecule has 8 heavy (non-hydrogen) atoms. The first-order chi connectivity index (χ1) is 3.68. The lowest BCUT2D eigenvalue weighted by molar-refractivity contribution is -0.127. The molecule has 0 aromatic heterocycles. The van der Waals surface area contributed by atoms with Crippen LogP contribution >= 0.6 is 0 Å². The quantitative estimate of drug-likeness (QED) is 0.290. The lowest BCUT2D eigenvalue weighted by Crippen LogP contribution is -2.16. The van der Waals surface area contributed by atoms with Crippen LogP contribution in [0.15, 0.2) is 10.4 Å². The van der Waals surface area contributed by atoms with Gasteiger partial charge in [0.15, 0.2) is 0 Å². The zero-order chi connectivity index (χ0) is 6.57. The van der Waals surface area contributed by atoms with E-state index in [1.807, 2.05) is 0 Å². The van der Waals surface area contributed by atoms with Gasteiger partial charge < -0.3 is 5.84 Å². The molecule has 46 valence electrons. The fraction of sp³-hybridized carbons (Fsp3) is 0.667. The molecule has 0 aromatic carbocycles. The molecule has 2 N–H and O–H groups in total. The number of rotatable bonds is 1. The van der Waals surface area contributed by atoms with Crippen molar-refractivity contribution in [1.29, 1.82) is 0 Å². The molecule has 0 bridgehead atoms. The maximum absolute atomic E-state index is 10.3. The molecule has 0 heterocycles. The molecule has 5 nitrogen and oxygen atoms in total. The SMILES string of the molecule is CC(=O)N(C)/N=N\N. The summed E-state index contributed by atoms with van der Waals surface area (Å²) in [6, 6.07) is 0. The van der Waals surface area contributed by atoms with E-state index in [9.17, 15) is 4.79 Å². The van der Waals surface area contributed by atoms with Gasteiger partial charge in [0.05, 0.1) is 0 Å². The van der Waals surface area contributed by atoms with E-state index < -0.39 is 0 Å². The molecule has 0 saturated carbocycles. The second-order valence-electron chi connectivity index (χ2n) is 1.25. The van der Waals surface area contributed by atoms with Crippen molar-refractivity contribution in [3.8, 4) is 0 Å². The van der Waals surface area contributed by atoms with E-state index in [0.29, 0.717) is 0 Å².